The van der Waals surface area contributed by atoms with Crippen LogP contribution in [0, 0.1) is 0 Å². The molecule has 0 fully saturated rings. The van der Waals surface area contributed by atoms with Crippen molar-refractivity contribution in [3.05, 3.63) is 188 Å². The van der Waals surface area contributed by atoms with E-state index in [2.05, 4.69) is 137 Å². The van der Waals surface area contributed by atoms with Crippen LogP contribution < -0.4 is 15.9 Å². The van der Waals surface area contributed by atoms with Crippen molar-refractivity contribution in [3.63, 3.8) is 0 Å². The first-order chi connectivity index (χ1) is 23.7. The fourth-order valence-electron chi connectivity index (χ4n) is 7.21. The highest BCUT2D eigenvalue weighted by atomic mass is 31.2. The molecule has 48 heavy (non-hydrogen) atoms. The van der Waals surface area contributed by atoms with Gasteiger partial charge in [0.25, 0.3) is 0 Å². The minimum absolute atomic E-state index is 0.814. The third-order valence-corrected chi connectivity index (χ3v) is 12.5. The molecule has 228 valence electrons. The Morgan fingerprint density at radius 1 is 0.396 bits per heavy atom. The summed E-state index contributed by atoms with van der Waals surface area (Å²) in [5.74, 6) is 0. The maximum atomic E-state index is 15.1. The summed E-state index contributed by atoms with van der Waals surface area (Å²) in [7, 11) is -3.10. The van der Waals surface area contributed by atoms with Crippen molar-refractivity contribution in [2.75, 3.05) is 0 Å². The van der Waals surface area contributed by atoms with Crippen LogP contribution in [0.2, 0.25) is 0 Å². The summed E-state index contributed by atoms with van der Waals surface area (Å²) in [6.45, 7) is 0. The quantitative estimate of drug-likeness (QED) is 0.167. The number of rotatable bonds is 6. The molecule has 9 aromatic rings. The monoisotopic (exact) mass is 634 g/mol. The molecule has 4 heteroatoms. The van der Waals surface area contributed by atoms with Gasteiger partial charge in [0.2, 0.25) is 0 Å². The van der Waals surface area contributed by atoms with Gasteiger partial charge in [0.05, 0.1) is 22.2 Å². The molecule has 0 N–H and O–H groups in total. The normalized spacial score (nSPS) is 11.8. The second-order valence-electron chi connectivity index (χ2n) is 12.1. The van der Waals surface area contributed by atoms with Gasteiger partial charge >= 0.3 is 0 Å². The highest BCUT2D eigenvalue weighted by molar-refractivity contribution is 7.85. The highest BCUT2D eigenvalue weighted by Crippen LogP contribution is 2.44. The predicted molar refractivity (Wildman–Crippen MR) is 202 cm³/mol. The summed E-state index contributed by atoms with van der Waals surface area (Å²) in [4.78, 5) is 0. The van der Waals surface area contributed by atoms with E-state index in [1.807, 2.05) is 60.7 Å². The summed E-state index contributed by atoms with van der Waals surface area (Å²) < 4.78 is 19.9. The molecule has 7 aromatic carbocycles. The maximum absolute atomic E-state index is 15.1. The molecule has 0 saturated carbocycles. The van der Waals surface area contributed by atoms with E-state index >= 15 is 4.57 Å². The third-order valence-electron chi connectivity index (χ3n) is 9.39. The molecule has 0 unspecified atom stereocenters. The van der Waals surface area contributed by atoms with E-state index in [0.717, 1.165) is 55.1 Å². The van der Waals surface area contributed by atoms with Gasteiger partial charge in [-0.3, -0.25) is 0 Å². The Morgan fingerprint density at radius 3 is 1.56 bits per heavy atom. The lowest BCUT2D eigenvalue weighted by Crippen LogP contribution is -2.24. The molecule has 0 bridgehead atoms. The van der Waals surface area contributed by atoms with Crippen molar-refractivity contribution >= 4 is 55.8 Å². The van der Waals surface area contributed by atoms with E-state index in [4.69, 9.17) is 0 Å². The van der Waals surface area contributed by atoms with Crippen molar-refractivity contribution in [1.29, 1.82) is 0 Å². The minimum atomic E-state index is -3.10. The number of hydrogen-bond donors (Lipinski definition) is 0. The van der Waals surface area contributed by atoms with Gasteiger partial charge in [-0.25, -0.2) is 0 Å². The Bertz CT molecular complexity index is 2560. The van der Waals surface area contributed by atoms with E-state index in [-0.39, 0.29) is 0 Å². The topological polar surface area (TPSA) is 26.9 Å². The summed E-state index contributed by atoms with van der Waals surface area (Å²) in [5.41, 5.74) is 7.85. The van der Waals surface area contributed by atoms with Crippen LogP contribution in [0.5, 0.6) is 0 Å². The Kier molecular flexibility index (Phi) is 6.74. The SMILES string of the molecule is O=P(c1ccccc1)(c1ccccc1)c1ccc(-n2c3ccccc3c3ccc4cc(-c5ccccc5)n(-c5ccccc5)c4c32)cc1. The number of para-hydroxylation sites is 2. The zero-order chi connectivity index (χ0) is 32.1. The Morgan fingerprint density at radius 2 is 0.917 bits per heavy atom. The van der Waals surface area contributed by atoms with Gasteiger partial charge < -0.3 is 13.7 Å². The van der Waals surface area contributed by atoms with E-state index in [9.17, 15) is 0 Å². The average molecular weight is 635 g/mol. The molecule has 0 atom stereocenters. The van der Waals surface area contributed by atoms with Crippen molar-refractivity contribution in [2.24, 2.45) is 0 Å². The smallest absolute Gasteiger partial charge is 0.171 e. The van der Waals surface area contributed by atoms with Crippen LogP contribution in [0.1, 0.15) is 0 Å². The van der Waals surface area contributed by atoms with Crippen LogP contribution >= 0.6 is 7.14 Å². The molecular weight excluding hydrogens is 603 g/mol. The standard InChI is InChI=1S/C44H31N2OP/c47-48(36-19-9-3-10-20-36,37-21-11-4-12-22-37)38-28-26-35(27-29-38)45-41-24-14-13-23-39(41)40-30-25-33-31-42(32-15-5-1-6-16-32)46(43(33)44(40)45)34-17-7-2-8-18-34/h1-31H. The number of fused-ring (bicyclic) bond motifs is 5. The lowest BCUT2D eigenvalue weighted by atomic mass is 10.1. The molecule has 0 aliphatic rings. The largest absolute Gasteiger partial charge is 0.309 e. The van der Waals surface area contributed by atoms with E-state index in [0.29, 0.717) is 0 Å². The van der Waals surface area contributed by atoms with Gasteiger partial charge in [-0.15, -0.1) is 0 Å². The van der Waals surface area contributed by atoms with Crippen molar-refractivity contribution in [3.8, 4) is 22.6 Å². The fraction of sp³-hybridized carbons (Fsp3) is 0. The Labute approximate surface area is 279 Å². The van der Waals surface area contributed by atoms with E-state index < -0.39 is 7.14 Å². The number of hydrogen-bond acceptors (Lipinski definition) is 1. The van der Waals surface area contributed by atoms with Crippen LogP contribution in [0.4, 0.5) is 0 Å². The molecule has 9 rings (SSSR count). The van der Waals surface area contributed by atoms with Gasteiger partial charge in [-0.05, 0) is 54.1 Å². The fourth-order valence-corrected chi connectivity index (χ4v) is 9.86. The second-order valence-corrected chi connectivity index (χ2v) is 14.9. The average Bonchev–Trinajstić information content (AvgIpc) is 3.72. The first-order valence-corrected chi connectivity index (χ1v) is 17.9. The molecule has 2 aromatic heterocycles. The van der Waals surface area contributed by atoms with Crippen molar-refractivity contribution in [2.45, 2.75) is 0 Å². The molecular formula is C44H31N2OP. The van der Waals surface area contributed by atoms with Gasteiger partial charge in [0.15, 0.2) is 7.14 Å². The Balaban J connectivity index is 1.33. The molecule has 0 spiro atoms. The lowest BCUT2D eigenvalue weighted by Gasteiger charge is -2.20. The summed E-state index contributed by atoms with van der Waals surface area (Å²) >= 11 is 0. The summed E-state index contributed by atoms with van der Waals surface area (Å²) in [5, 5.41) is 6.03. The zero-order valence-electron chi connectivity index (χ0n) is 26.1. The summed E-state index contributed by atoms with van der Waals surface area (Å²) in [6.07, 6.45) is 0. The van der Waals surface area contributed by atoms with Gasteiger partial charge in [-0.2, -0.15) is 0 Å². The van der Waals surface area contributed by atoms with Gasteiger partial charge in [-0.1, -0.05) is 140 Å². The number of nitrogens with zero attached hydrogens (tertiary/aromatic N) is 2. The molecule has 0 saturated heterocycles. The minimum Gasteiger partial charge on any atom is -0.309 e. The van der Waals surface area contributed by atoms with Crippen LogP contribution in [-0.4, -0.2) is 9.13 Å². The van der Waals surface area contributed by atoms with E-state index in [1.165, 1.54) is 16.2 Å². The maximum Gasteiger partial charge on any atom is 0.171 e. The van der Waals surface area contributed by atoms with Crippen molar-refractivity contribution in [1.82, 2.24) is 9.13 Å². The van der Waals surface area contributed by atoms with Crippen LogP contribution in [0.15, 0.2) is 188 Å². The van der Waals surface area contributed by atoms with Crippen LogP contribution in [-0.2, 0) is 4.57 Å². The summed E-state index contributed by atoms with van der Waals surface area (Å²) in [6, 6.07) is 64.8. The number of benzene rings is 7. The molecule has 0 aliphatic carbocycles. The van der Waals surface area contributed by atoms with Gasteiger partial charge in [0, 0.05) is 43.4 Å². The molecule has 0 radical (unpaired) electrons. The Hall–Kier alpha value is -5.89. The highest BCUT2D eigenvalue weighted by Gasteiger charge is 2.30. The lowest BCUT2D eigenvalue weighted by molar-refractivity contribution is 0.592. The second kappa shape index (κ2) is 11.4. The van der Waals surface area contributed by atoms with E-state index in [1.54, 1.807) is 0 Å². The van der Waals surface area contributed by atoms with Crippen LogP contribution in [0.3, 0.4) is 0 Å². The predicted octanol–water partition coefficient (Wildman–Crippen LogP) is 10.0. The zero-order valence-corrected chi connectivity index (χ0v) is 27.0. The third kappa shape index (κ3) is 4.40. The first-order valence-electron chi connectivity index (χ1n) is 16.2. The van der Waals surface area contributed by atoms with Crippen LogP contribution in [0.25, 0.3) is 55.3 Å². The van der Waals surface area contributed by atoms with Gasteiger partial charge in [0.1, 0.15) is 0 Å². The van der Waals surface area contributed by atoms with Crippen molar-refractivity contribution < 1.29 is 4.57 Å². The molecule has 0 aliphatic heterocycles. The molecule has 0 amide bonds. The first kappa shape index (κ1) is 28.3. The molecule has 2 heterocycles. The molecule has 3 nitrogen and oxygen atoms in total. The number of aromatic nitrogens is 2.